The molecule has 0 heterocycles. The molecular formula is C28H31NO2. The molecule has 2 unspecified atom stereocenters. The molecule has 31 heavy (non-hydrogen) atoms. The third-order valence-corrected chi connectivity index (χ3v) is 5.90. The molecule has 0 aromatic heterocycles. The van der Waals surface area contributed by atoms with E-state index in [0.29, 0.717) is 11.5 Å². The number of benzene rings is 2. The summed E-state index contributed by atoms with van der Waals surface area (Å²) in [5.41, 5.74) is 2.65. The number of hydrogen-bond acceptors (Lipinski definition) is 3. The Kier molecular flexibility index (Phi) is 7.84. The van der Waals surface area contributed by atoms with E-state index < -0.39 is 5.97 Å². The van der Waals surface area contributed by atoms with Crippen LogP contribution in [0.2, 0.25) is 0 Å². The van der Waals surface area contributed by atoms with Gasteiger partial charge >= 0.3 is 5.97 Å². The monoisotopic (exact) mass is 413 g/mol. The van der Waals surface area contributed by atoms with Crippen LogP contribution in [0.15, 0.2) is 78.5 Å². The molecule has 1 saturated carbocycles. The number of carbonyl (C=O) groups is 1. The largest absolute Gasteiger partial charge is 0.365 e. The molecule has 0 radical (unpaired) electrons. The van der Waals surface area contributed by atoms with E-state index in [1.807, 2.05) is 54.6 Å². The summed E-state index contributed by atoms with van der Waals surface area (Å²) in [6.07, 6.45) is 6.58. The highest BCUT2D eigenvalue weighted by Crippen LogP contribution is 2.54. The van der Waals surface area contributed by atoms with E-state index >= 15 is 0 Å². The third kappa shape index (κ3) is 5.95. The van der Waals surface area contributed by atoms with Gasteiger partial charge < -0.3 is 4.84 Å². The fourth-order valence-electron chi connectivity index (χ4n) is 4.59. The van der Waals surface area contributed by atoms with Crippen molar-refractivity contribution in [1.29, 1.82) is 0 Å². The van der Waals surface area contributed by atoms with Crippen LogP contribution in [-0.4, -0.2) is 11.7 Å². The van der Waals surface area contributed by atoms with E-state index in [0.717, 1.165) is 43.4 Å². The average molecular weight is 414 g/mol. The van der Waals surface area contributed by atoms with Gasteiger partial charge in [0.15, 0.2) is 0 Å². The molecule has 1 fully saturated rings. The van der Waals surface area contributed by atoms with Crippen LogP contribution < -0.4 is 0 Å². The van der Waals surface area contributed by atoms with Gasteiger partial charge in [0.05, 0.1) is 11.3 Å². The van der Waals surface area contributed by atoms with Crippen LogP contribution in [0, 0.1) is 29.1 Å². The van der Waals surface area contributed by atoms with Crippen molar-refractivity contribution in [3.05, 3.63) is 84.4 Å². The lowest BCUT2D eigenvalue weighted by Gasteiger charge is -2.51. The van der Waals surface area contributed by atoms with Crippen molar-refractivity contribution in [1.82, 2.24) is 0 Å². The zero-order chi connectivity index (χ0) is 22.1. The summed E-state index contributed by atoms with van der Waals surface area (Å²) in [4.78, 5) is 17.5. The molecule has 0 bridgehead atoms. The van der Waals surface area contributed by atoms with Gasteiger partial charge in [0.1, 0.15) is 0 Å². The van der Waals surface area contributed by atoms with Crippen molar-refractivity contribution >= 4 is 11.7 Å². The van der Waals surface area contributed by atoms with Gasteiger partial charge in [-0.05, 0) is 61.3 Å². The first kappa shape index (κ1) is 22.6. The van der Waals surface area contributed by atoms with Crippen LogP contribution >= 0.6 is 0 Å². The molecule has 0 amide bonds. The van der Waals surface area contributed by atoms with E-state index in [1.54, 1.807) is 12.1 Å². The lowest BCUT2D eigenvalue weighted by Crippen LogP contribution is -2.49. The van der Waals surface area contributed by atoms with E-state index in [2.05, 4.69) is 37.4 Å². The van der Waals surface area contributed by atoms with E-state index in [1.165, 1.54) is 0 Å². The molecule has 0 aliphatic heterocycles. The molecule has 3 heteroatoms. The minimum atomic E-state index is -0.416. The molecule has 2 aromatic rings. The van der Waals surface area contributed by atoms with Crippen LogP contribution in [-0.2, 0) is 4.84 Å². The lowest BCUT2D eigenvalue weighted by atomic mass is 9.53. The Hall–Kier alpha value is -3.12. The number of hydrogen-bond donors (Lipinski definition) is 0. The minimum Gasteiger partial charge on any atom is -0.313 e. The second-order valence-corrected chi connectivity index (χ2v) is 8.71. The van der Waals surface area contributed by atoms with E-state index in [9.17, 15) is 4.79 Å². The number of rotatable bonds is 8. The second-order valence-electron chi connectivity index (χ2n) is 8.71. The highest BCUT2D eigenvalue weighted by atomic mass is 16.7. The van der Waals surface area contributed by atoms with Crippen LogP contribution in [0.5, 0.6) is 0 Å². The van der Waals surface area contributed by atoms with Crippen LogP contribution in [0.4, 0.5) is 0 Å². The normalized spacial score (nSPS) is 21.1. The maximum atomic E-state index is 12.3. The molecule has 2 aromatic carbocycles. The first-order chi connectivity index (χ1) is 15.0. The maximum absolute atomic E-state index is 12.3. The SMILES string of the molecule is C=CCC1/C(=N\OC(=O)c2ccccc2)CC1(CCC#Cc1ccccc1)CC(C)C. The van der Waals surface area contributed by atoms with Gasteiger partial charge in [-0.2, -0.15) is 0 Å². The molecule has 1 aliphatic rings. The van der Waals surface area contributed by atoms with E-state index in [4.69, 9.17) is 4.84 Å². The van der Waals surface area contributed by atoms with Crippen LogP contribution in [0.1, 0.15) is 61.9 Å². The zero-order valence-corrected chi connectivity index (χ0v) is 18.5. The number of nitrogens with zero attached hydrogens (tertiary/aromatic N) is 1. The Balaban J connectivity index is 1.69. The highest BCUT2D eigenvalue weighted by molar-refractivity contribution is 5.95. The molecule has 3 rings (SSSR count). The Morgan fingerprint density at radius 3 is 2.52 bits per heavy atom. The van der Waals surface area contributed by atoms with Gasteiger partial charge in [-0.15, -0.1) is 6.58 Å². The summed E-state index contributed by atoms with van der Waals surface area (Å²) in [5, 5.41) is 4.27. The molecule has 0 spiro atoms. The first-order valence-electron chi connectivity index (χ1n) is 11.0. The fraction of sp³-hybridized carbons (Fsp3) is 0.357. The Bertz CT molecular complexity index is 966. The summed E-state index contributed by atoms with van der Waals surface area (Å²) >= 11 is 0. The Morgan fingerprint density at radius 1 is 1.19 bits per heavy atom. The number of carbonyl (C=O) groups excluding carboxylic acids is 1. The third-order valence-electron chi connectivity index (χ3n) is 5.90. The van der Waals surface area contributed by atoms with Gasteiger partial charge in [0, 0.05) is 17.9 Å². The van der Waals surface area contributed by atoms with E-state index in [-0.39, 0.29) is 11.3 Å². The average Bonchev–Trinajstić information content (AvgIpc) is 2.78. The van der Waals surface area contributed by atoms with Crippen molar-refractivity contribution in [3.63, 3.8) is 0 Å². The van der Waals surface area contributed by atoms with Crippen LogP contribution in [0.25, 0.3) is 0 Å². The summed E-state index contributed by atoms with van der Waals surface area (Å²) in [5.74, 6) is 7.01. The smallest absolute Gasteiger partial charge is 0.313 e. The van der Waals surface area contributed by atoms with Gasteiger partial charge in [0.25, 0.3) is 0 Å². The summed E-state index contributed by atoms with van der Waals surface area (Å²) in [7, 11) is 0. The maximum Gasteiger partial charge on any atom is 0.365 e. The molecular weight excluding hydrogens is 382 g/mol. The van der Waals surface area contributed by atoms with Crippen molar-refractivity contribution in [2.45, 2.75) is 46.0 Å². The molecule has 160 valence electrons. The molecule has 1 aliphatic carbocycles. The Morgan fingerprint density at radius 2 is 1.87 bits per heavy atom. The van der Waals surface area contributed by atoms with Crippen molar-refractivity contribution in [3.8, 4) is 11.8 Å². The molecule has 3 nitrogen and oxygen atoms in total. The van der Waals surface area contributed by atoms with Crippen LogP contribution in [0.3, 0.4) is 0 Å². The molecule has 0 N–H and O–H groups in total. The second kappa shape index (κ2) is 10.8. The molecule has 2 atom stereocenters. The lowest BCUT2D eigenvalue weighted by molar-refractivity contribution is 0.0475. The van der Waals surface area contributed by atoms with Crippen molar-refractivity contribution in [2.75, 3.05) is 0 Å². The highest BCUT2D eigenvalue weighted by Gasteiger charge is 2.50. The standard InChI is InChI=1S/C28H31NO2/c1-4-13-25-26(29-31-27(30)24-17-9-6-10-18-24)21-28(25,20-22(2)3)19-12-11-16-23-14-7-5-8-15-23/h4-10,14-15,17-18,22,25H,1,12-13,19-21H2,2-3H3/b29-26-. The summed E-state index contributed by atoms with van der Waals surface area (Å²) < 4.78 is 0. The summed E-state index contributed by atoms with van der Waals surface area (Å²) in [6.45, 7) is 8.46. The summed E-state index contributed by atoms with van der Waals surface area (Å²) in [6, 6.07) is 19.1. The van der Waals surface area contributed by atoms with Crippen molar-refractivity contribution in [2.24, 2.45) is 22.4 Å². The predicted octanol–water partition coefficient (Wildman–Crippen LogP) is 6.66. The predicted molar refractivity (Wildman–Crippen MR) is 127 cm³/mol. The Labute approximate surface area is 186 Å². The first-order valence-corrected chi connectivity index (χ1v) is 11.0. The zero-order valence-electron chi connectivity index (χ0n) is 18.5. The fourth-order valence-corrected chi connectivity index (χ4v) is 4.59. The van der Waals surface area contributed by atoms with Gasteiger partial charge in [0.2, 0.25) is 0 Å². The number of allylic oxidation sites excluding steroid dienone is 1. The quantitative estimate of drug-likeness (QED) is 0.210. The topological polar surface area (TPSA) is 38.7 Å². The van der Waals surface area contributed by atoms with Gasteiger partial charge in [-0.3, -0.25) is 0 Å². The number of oxime groups is 1. The van der Waals surface area contributed by atoms with Crippen molar-refractivity contribution < 1.29 is 9.63 Å². The molecule has 0 saturated heterocycles. The minimum absolute atomic E-state index is 0.131. The van der Waals surface area contributed by atoms with Gasteiger partial charge in [-0.1, -0.05) is 73.3 Å². The van der Waals surface area contributed by atoms with Gasteiger partial charge in [-0.25, -0.2) is 4.79 Å².